The lowest BCUT2D eigenvalue weighted by atomic mass is 9.95. The van der Waals surface area contributed by atoms with E-state index in [-0.39, 0.29) is 17.9 Å². The minimum absolute atomic E-state index is 0.0688. The van der Waals surface area contributed by atoms with Gasteiger partial charge in [-0.1, -0.05) is 49.9 Å². The van der Waals surface area contributed by atoms with Crippen molar-refractivity contribution in [2.75, 3.05) is 13.6 Å². The van der Waals surface area contributed by atoms with Crippen molar-refractivity contribution in [3.63, 3.8) is 0 Å². The molecule has 9 heteroatoms. The third-order valence-corrected chi connectivity index (χ3v) is 8.22. The fourth-order valence-electron chi connectivity index (χ4n) is 4.60. The van der Waals surface area contributed by atoms with Crippen molar-refractivity contribution in [2.24, 2.45) is 7.05 Å². The predicted molar refractivity (Wildman–Crippen MR) is 153 cm³/mol. The molecule has 3 aromatic rings. The Labute approximate surface area is 223 Å². The minimum atomic E-state index is -3.79. The van der Waals surface area contributed by atoms with E-state index in [1.165, 1.54) is 11.4 Å². The van der Waals surface area contributed by atoms with Crippen LogP contribution in [-0.4, -0.2) is 41.1 Å². The summed E-state index contributed by atoms with van der Waals surface area (Å²) in [5.41, 5.74) is 5.22. The molecular formula is C29H33N5O3S. The van der Waals surface area contributed by atoms with Crippen molar-refractivity contribution in [2.45, 2.75) is 32.6 Å². The Balaban J connectivity index is 1.65. The van der Waals surface area contributed by atoms with E-state index in [2.05, 4.69) is 21.4 Å². The number of likely N-dealkylation sites (N-methyl/N-ethyl adjacent to an activating group) is 1. The number of hydrogen-bond donors (Lipinski definition) is 1. The van der Waals surface area contributed by atoms with Gasteiger partial charge in [-0.2, -0.15) is 17.8 Å². The summed E-state index contributed by atoms with van der Waals surface area (Å²) in [7, 11) is -0.411. The van der Waals surface area contributed by atoms with Gasteiger partial charge in [0.15, 0.2) is 5.43 Å². The standard InChI is InChI=1S/C29H33N5O3S/c1-6-8-9-21(7-2)18-34(5)38(36,37)32-24-10-11-26-25(20(3)14-24)12-13-28-27(29(26)35)15-22(16-30-28)23-17-31-33(4)19-23/h6-10,12-13,15-17,19-20,32H,1,11,14,18H2,2-5H3/b9-8-,21-7+. The lowest BCUT2D eigenvalue weighted by molar-refractivity contribution is 0.485. The molecule has 1 aliphatic rings. The van der Waals surface area contributed by atoms with Gasteiger partial charge < -0.3 is 0 Å². The lowest BCUT2D eigenvalue weighted by Gasteiger charge is -2.21. The second-order valence-corrected chi connectivity index (χ2v) is 11.3. The number of nitrogens with one attached hydrogen (secondary N) is 1. The third kappa shape index (κ3) is 5.84. The molecule has 1 aromatic carbocycles. The fourth-order valence-corrected chi connectivity index (χ4v) is 5.58. The topological polar surface area (TPSA) is 97.2 Å². The van der Waals surface area contributed by atoms with Crippen LogP contribution in [0.5, 0.6) is 0 Å². The molecule has 0 amide bonds. The van der Waals surface area contributed by atoms with Crippen LogP contribution >= 0.6 is 0 Å². The van der Waals surface area contributed by atoms with Gasteiger partial charge in [0.2, 0.25) is 0 Å². The average Bonchev–Trinajstić information content (AvgIpc) is 3.19. The van der Waals surface area contributed by atoms with E-state index in [0.717, 1.165) is 22.3 Å². The summed E-state index contributed by atoms with van der Waals surface area (Å²) in [6.07, 6.45) is 15.1. The highest BCUT2D eigenvalue weighted by Crippen LogP contribution is 2.30. The Morgan fingerprint density at radius 1 is 1.29 bits per heavy atom. The average molecular weight is 532 g/mol. The van der Waals surface area contributed by atoms with Gasteiger partial charge in [0.25, 0.3) is 0 Å². The molecule has 0 fully saturated rings. The molecule has 1 N–H and O–H groups in total. The number of fused-ring (bicyclic) bond motifs is 2. The zero-order chi connectivity index (χ0) is 27.4. The first-order valence-electron chi connectivity index (χ1n) is 12.4. The van der Waals surface area contributed by atoms with Gasteiger partial charge in [-0.3, -0.25) is 19.2 Å². The van der Waals surface area contributed by atoms with E-state index in [4.69, 9.17) is 0 Å². The molecular weight excluding hydrogens is 498 g/mol. The highest BCUT2D eigenvalue weighted by Gasteiger charge is 2.24. The van der Waals surface area contributed by atoms with Crippen LogP contribution in [0.3, 0.4) is 0 Å². The van der Waals surface area contributed by atoms with E-state index in [0.29, 0.717) is 35.0 Å². The summed E-state index contributed by atoms with van der Waals surface area (Å²) >= 11 is 0. The molecule has 0 saturated heterocycles. The predicted octanol–water partition coefficient (Wildman–Crippen LogP) is 4.38. The third-order valence-electron chi connectivity index (χ3n) is 6.75. The molecule has 0 saturated carbocycles. The number of aromatic nitrogens is 3. The highest BCUT2D eigenvalue weighted by atomic mass is 32.2. The molecule has 0 aliphatic heterocycles. The van der Waals surface area contributed by atoms with Crippen LogP contribution in [0.4, 0.5) is 0 Å². The van der Waals surface area contributed by atoms with Crippen molar-refractivity contribution < 1.29 is 8.42 Å². The van der Waals surface area contributed by atoms with Crippen LogP contribution in [-0.2, 0) is 23.7 Å². The van der Waals surface area contributed by atoms with Gasteiger partial charge in [-0.05, 0) is 49.0 Å². The zero-order valence-electron chi connectivity index (χ0n) is 22.2. The highest BCUT2D eigenvalue weighted by molar-refractivity contribution is 7.87. The van der Waals surface area contributed by atoms with Crippen molar-refractivity contribution in [1.29, 1.82) is 0 Å². The molecule has 198 valence electrons. The number of rotatable bonds is 8. The number of nitrogens with zero attached hydrogens (tertiary/aromatic N) is 4. The second-order valence-electron chi connectivity index (χ2n) is 9.52. The van der Waals surface area contributed by atoms with Crippen LogP contribution in [0, 0.1) is 0 Å². The van der Waals surface area contributed by atoms with Gasteiger partial charge in [0.05, 0.1) is 11.7 Å². The van der Waals surface area contributed by atoms with Gasteiger partial charge >= 0.3 is 10.2 Å². The monoisotopic (exact) mass is 531 g/mol. The maximum absolute atomic E-state index is 13.7. The maximum atomic E-state index is 13.7. The summed E-state index contributed by atoms with van der Waals surface area (Å²) in [6, 6.07) is 5.68. The van der Waals surface area contributed by atoms with Gasteiger partial charge in [-0.15, -0.1) is 0 Å². The van der Waals surface area contributed by atoms with Gasteiger partial charge in [-0.25, -0.2) is 0 Å². The first-order valence-corrected chi connectivity index (χ1v) is 13.9. The van der Waals surface area contributed by atoms with Crippen LogP contribution in [0.15, 0.2) is 89.8 Å². The smallest absolute Gasteiger partial charge is 0.289 e. The molecule has 2 aromatic heterocycles. The van der Waals surface area contributed by atoms with E-state index >= 15 is 0 Å². The normalized spacial score (nSPS) is 16.4. The summed E-state index contributed by atoms with van der Waals surface area (Å²) in [5.74, 6) is -0.0688. The van der Waals surface area contributed by atoms with Crippen LogP contribution in [0.2, 0.25) is 0 Å². The van der Waals surface area contributed by atoms with Crippen LogP contribution in [0.1, 0.15) is 37.3 Å². The first kappa shape index (κ1) is 27.2. The van der Waals surface area contributed by atoms with Crippen LogP contribution < -0.4 is 10.2 Å². The molecule has 8 nitrogen and oxygen atoms in total. The van der Waals surface area contributed by atoms with E-state index in [1.54, 1.807) is 29.2 Å². The number of aryl methyl sites for hydroxylation is 1. The summed E-state index contributed by atoms with van der Waals surface area (Å²) < 4.78 is 31.9. The summed E-state index contributed by atoms with van der Waals surface area (Å²) in [6.45, 7) is 7.75. The van der Waals surface area contributed by atoms with Crippen molar-refractivity contribution in [3.8, 4) is 11.1 Å². The van der Waals surface area contributed by atoms with Crippen molar-refractivity contribution >= 4 is 21.1 Å². The number of allylic oxidation sites excluding steroid dienone is 5. The number of pyridine rings is 1. The molecule has 0 spiro atoms. The largest absolute Gasteiger partial charge is 0.301 e. The molecule has 0 bridgehead atoms. The SMILES string of the molecule is C=C/C=C\C(=C/C)CN(C)S(=O)(=O)NC1=CCc2c(ccc3ncc(-c4cnn(C)c4)cc3c2=O)C(C)C1. The fraction of sp³-hybridized carbons (Fsp3) is 0.276. The first-order chi connectivity index (χ1) is 18.1. The van der Waals surface area contributed by atoms with E-state index < -0.39 is 10.2 Å². The van der Waals surface area contributed by atoms with E-state index in [9.17, 15) is 13.2 Å². The van der Waals surface area contributed by atoms with Gasteiger partial charge in [0.1, 0.15) is 0 Å². The quantitative estimate of drug-likeness (QED) is 0.435. The molecule has 1 atom stereocenters. The Bertz CT molecular complexity index is 1630. The minimum Gasteiger partial charge on any atom is -0.289 e. The molecule has 1 aliphatic carbocycles. The Morgan fingerprint density at radius 3 is 2.76 bits per heavy atom. The molecule has 38 heavy (non-hydrogen) atoms. The maximum Gasteiger partial charge on any atom is 0.301 e. The molecule has 1 unspecified atom stereocenters. The summed E-state index contributed by atoms with van der Waals surface area (Å²) in [4.78, 5) is 18.3. The number of hydrogen-bond acceptors (Lipinski definition) is 5. The zero-order valence-corrected chi connectivity index (χ0v) is 23.0. The van der Waals surface area contributed by atoms with E-state index in [1.807, 2.05) is 63.5 Å². The Hall–Kier alpha value is -3.82. The van der Waals surface area contributed by atoms with Gasteiger partial charge in [0, 0.05) is 60.8 Å². The van der Waals surface area contributed by atoms with Crippen molar-refractivity contribution in [1.82, 2.24) is 23.8 Å². The summed E-state index contributed by atoms with van der Waals surface area (Å²) in [5, 5.41) is 4.75. The molecule has 2 heterocycles. The molecule has 0 radical (unpaired) electrons. The molecule has 4 rings (SSSR count). The second kappa shape index (κ2) is 11.3. The van der Waals surface area contributed by atoms with Crippen LogP contribution in [0.25, 0.3) is 22.0 Å². The van der Waals surface area contributed by atoms with Crippen molar-refractivity contribution in [3.05, 3.63) is 106 Å². The Kier molecular flexibility index (Phi) is 8.08. The lowest BCUT2D eigenvalue weighted by Crippen LogP contribution is -2.38. The Morgan fingerprint density at radius 2 is 2.08 bits per heavy atom.